The van der Waals surface area contributed by atoms with E-state index in [2.05, 4.69) is 20.3 Å². The fraction of sp³-hybridized carbons (Fsp3) is 0.308. The molecule has 0 fully saturated rings. The van der Waals surface area contributed by atoms with Crippen molar-refractivity contribution in [3.8, 4) is 0 Å². The molecule has 1 N–H and O–H groups in total. The Morgan fingerprint density at radius 2 is 1.88 bits per heavy atom. The zero-order chi connectivity index (χ0) is 12.3. The van der Waals surface area contributed by atoms with Crippen LogP contribution in [0.25, 0.3) is 0 Å². The second-order valence-corrected chi connectivity index (χ2v) is 4.07. The number of nitrogens with one attached hydrogen (secondary N) is 1. The van der Waals surface area contributed by atoms with E-state index < -0.39 is 0 Å². The maximum atomic E-state index is 4.43. The zero-order valence-corrected chi connectivity index (χ0v) is 10.4. The Balaban J connectivity index is 2.09. The van der Waals surface area contributed by atoms with Crippen LogP contribution in [0.1, 0.15) is 22.8 Å². The maximum absolute atomic E-state index is 4.43. The van der Waals surface area contributed by atoms with E-state index in [1.807, 2.05) is 39.0 Å². The summed E-state index contributed by atoms with van der Waals surface area (Å²) in [7, 11) is 0. The molecule has 0 amide bonds. The lowest BCUT2D eigenvalue weighted by Gasteiger charge is -2.08. The van der Waals surface area contributed by atoms with Crippen LogP contribution in [-0.2, 0) is 6.54 Å². The average Bonchev–Trinajstić information content (AvgIpc) is 2.30. The van der Waals surface area contributed by atoms with Gasteiger partial charge in [-0.3, -0.25) is 9.97 Å². The van der Waals surface area contributed by atoms with Crippen LogP contribution in [0.3, 0.4) is 0 Å². The first kappa shape index (κ1) is 11.5. The molecule has 2 aromatic heterocycles. The van der Waals surface area contributed by atoms with Gasteiger partial charge in [-0.25, -0.2) is 4.98 Å². The zero-order valence-electron chi connectivity index (χ0n) is 10.4. The Labute approximate surface area is 101 Å². The van der Waals surface area contributed by atoms with Crippen LogP contribution in [0.5, 0.6) is 0 Å². The molecule has 2 aromatic rings. The van der Waals surface area contributed by atoms with Gasteiger partial charge < -0.3 is 5.32 Å². The van der Waals surface area contributed by atoms with Crippen molar-refractivity contribution in [2.24, 2.45) is 0 Å². The number of hydrogen-bond acceptors (Lipinski definition) is 4. The predicted octanol–water partition coefficient (Wildman–Crippen LogP) is 2.41. The molecule has 0 aliphatic carbocycles. The first-order chi connectivity index (χ1) is 8.15. The Bertz CT molecular complexity index is 523. The van der Waals surface area contributed by atoms with Crippen LogP contribution in [0, 0.1) is 20.8 Å². The highest BCUT2D eigenvalue weighted by atomic mass is 15.0. The van der Waals surface area contributed by atoms with Crippen LogP contribution in [0.4, 0.5) is 5.82 Å². The number of nitrogens with zero attached hydrogens (tertiary/aromatic N) is 3. The lowest BCUT2D eigenvalue weighted by Crippen LogP contribution is -2.06. The molecule has 0 atom stereocenters. The molecule has 88 valence electrons. The standard InChI is InChI=1S/C13H16N4/c1-9-5-4-6-12(16-9)8-15-13-11(3)14-7-10(2)17-13/h4-7H,8H2,1-3H3,(H,15,17). The molecule has 2 rings (SSSR count). The normalized spacial score (nSPS) is 10.3. The van der Waals surface area contributed by atoms with Gasteiger partial charge in [0.15, 0.2) is 0 Å². The van der Waals surface area contributed by atoms with Gasteiger partial charge in [0, 0.05) is 11.9 Å². The lowest BCUT2D eigenvalue weighted by molar-refractivity contribution is 0.975. The third-order valence-electron chi connectivity index (χ3n) is 2.46. The van der Waals surface area contributed by atoms with E-state index in [9.17, 15) is 0 Å². The van der Waals surface area contributed by atoms with Crippen molar-refractivity contribution >= 4 is 5.82 Å². The summed E-state index contributed by atoms with van der Waals surface area (Å²) in [4.78, 5) is 13.1. The van der Waals surface area contributed by atoms with Gasteiger partial charge in [0.1, 0.15) is 5.82 Å². The van der Waals surface area contributed by atoms with Crippen LogP contribution < -0.4 is 5.32 Å². The largest absolute Gasteiger partial charge is 0.363 e. The quantitative estimate of drug-likeness (QED) is 0.876. The molecular formula is C13H16N4. The lowest BCUT2D eigenvalue weighted by atomic mass is 10.3. The molecule has 0 aromatic carbocycles. The average molecular weight is 228 g/mol. The summed E-state index contributed by atoms with van der Waals surface area (Å²) in [6.07, 6.45) is 1.77. The van der Waals surface area contributed by atoms with Gasteiger partial charge in [-0.2, -0.15) is 0 Å². The summed E-state index contributed by atoms with van der Waals surface area (Å²) in [5.74, 6) is 0.827. The molecule has 0 unspecified atom stereocenters. The van der Waals surface area contributed by atoms with Crippen molar-refractivity contribution in [3.63, 3.8) is 0 Å². The smallest absolute Gasteiger partial charge is 0.148 e. The Morgan fingerprint density at radius 3 is 2.65 bits per heavy atom. The molecule has 2 heterocycles. The molecule has 0 saturated carbocycles. The van der Waals surface area contributed by atoms with Crippen LogP contribution in [-0.4, -0.2) is 15.0 Å². The Kier molecular flexibility index (Phi) is 3.32. The summed E-state index contributed by atoms with van der Waals surface area (Å²) in [6.45, 7) is 6.53. The fourth-order valence-electron chi connectivity index (χ4n) is 1.58. The van der Waals surface area contributed by atoms with E-state index in [-0.39, 0.29) is 0 Å². The molecular weight excluding hydrogens is 212 g/mol. The summed E-state index contributed by atoms with van der Waals surface area (Å²) < 4.78 is 0. The van der Waals surface area contributed by atoms with Gasteiger partial charge in [0.25, 0.3) is 0 Å². The Morgan fingerprint density at radius 1 is 1.06 bits per heavy atom. The van der Waals surface area contributed by atoms with E-state index >= 15 is 0 Å². The maximum Gasteiger partial charge on any atom is 0.148 e. The molecule has 4 heteroatoms. The summed E-state index contributed by atoms with van der Waals surface area (Å²) >= 11 is 0. The SMILES string of the molecule is Cc1cccc(CNc2nc(C)cnc2C)n1. The molecule has 0 aliphatic heterocycles. The van der Waals surface area contributed by atoms with Gasteiger partial charge in [-0.1, -0.05) is 6.07 Å². The summed E-state index contributed by atoms with van der Waals surface area (Å²) in [5.41, 5.74) is 3.85. The van der Waals surface area contributed by atoms with Crippen LogP contribution >= 0.6 is 0 Å². The minimum atomic E-state index is 0.667. The van der Waals surface area contributed by atoms with Gasteiger partial charge in [0.2, 0.25) is 0 Å². The van der Waals surface area contributed by atoms with Crippen LogP contribution in [0.2, 0.25) is 0 Å². The van der Waals surface area contributed by atoms with E-state index in [1.54, 1.807) is 6.20 Å². The van der Waals surface area contributed by atoms with Crippen molar-refractivity contribution in [3.05, 3.63) is 47.2 Å². The van der Waals surface area contributed by atoms with Crippen molar-refractivity contribution in [1.82, 2.24) is 15.0 Å². The second-order valence-electron chi connectivity index (χ2n) is 4.07. The van der Waals surface area contributed by atoms with Crippen molar-refractivity contribution in [1.29, 1.82) is 0 Å². The monoisotopic (exact) mass is 228 g/mol. The van der Waals surface area contributed by atoms with Gasteiger partial charge in [0.05, 0.1) is 23.6 Å². The summed E-state index contributed by atoms with van der Waals surface area (Å²) in [5, 5.41) is 3.26. The number of aryl methyl sites for hydroxylation is 3. The van der Waals surface area contributed by atoms with Gasteiger partial charge in [-0.15, -0.1) is 0 Å². The minimum absolute atomic E-state index is 0.667. The Hall–Kier alpha value is -1.97. The van der Waals surface area contributed by atoms with Crippen molar-refractivity contribution < 1.29 is 0 Å². The van der Waals surface area contributed by atoms with E-state index in [0.29, 0.717) is 6.54 Å². The topological polar surface area (TPSA) is 50.7 Å². The number of hydrogen-bond donors (Lipinski definition) is 1. The second kappa shape index (κ2) is 4.91. The van der Waals surface area contributed by atoms with Crippen LogP contribution in [0.15, 0.2) is 24.4 Å². The highest BCUT2D eigenvalue weighted by molar-refractivity contribution is 5.39. The third kappa shape index (κ3) is 3.00. The molecule has 4 nitrogen and oxygen atoms in total. The van der Waals surface area contributed by atoms with Crippen molar-refractivity contribution in [2.45, 2.75) is 27.3 Å². The van der Waals surface area contributed by atoms with E-state index in [1.165, 1.54) is 0 Å². The number of aromatic nitrogens is 3. The molecule has 0 spiro atoms. The third-order valence-corrected chi connectivity index (χ3v) is 2.46. The number of rotatable bonds is 3. The van der Waals surface area contributed by atoms with Crippen molar-refractivity contribution in [2.75, 3.05) is 5.32 Å². The molecule has 0 aliphatic rings. The summed E-state index contributed by atoms with van der Waals surface area (Å²) in [6, 6.07) is 5.99. The molecule has 0 saturated heterocycles. The predicted molar refractivity (Wildman–Crippen MR) is 67.8 cm³/mol. The van der Waals surface area contributed by atoms with E-state index in [4.69, 9.17) is 0 Å². The fourth-order valence-corrected chi connectivity index (χ4v) is 1.58. The first-order valence-corrected chi connectivity index (χ1v) is 5.62. The molecule has 0 radical (unpaired) electrons. The highest BCUT2D eigenvalue weighted by Gasteiger charge is 2.02. The first-order valence-electron chi connectivity index (χ1n) is 5.62. The van der Waals surface area contributed by atoms with Gasteiger partial charge in [-0.05, 0) is 32.9 Å². The minimum Gasteiger partial charge on any atom is -0.363 e. The van der Waals surface area contributed by atoms with Gasteiger partial charge >= 0.3 is 0 Å². The molecule has 0 bridgehead atoms. The number of anilines is 1. The molecule has 17 heavy (non-hydrogen) atoms. The number of pyridine rings is 1. The highest BCUT2D eigenvalue weighted by Crippen LogP contribution is 2.10. The van der Waals surface area contributed by atoms with E-state index in [0.717, 1.165) is 28.6 Å².